The number of hydrogen-bond acceptors (Lipinski definition) is 4. The van der Waals surface area contributed by atoms with E-state index in [0.717, 1.165) is 35.5 Å². The van der Waals surface area contributed by atoms with Crippen LogP contribution in [0.4, 0.5) is 5.69 Å². The van der Waals surface area contributed by atoms with Crippen molar-refractivity contribution in [3.8, 4) is 11.4 Å². The van der Waals surface area contributed by atoms with Gasteiger partial charge in [0, 0.05) is 18.2 Å². The molecule has 1 aliphatic rings. The molecule has 1 saturated carbocycles. The molecule has 0 unspecified atom stereocenters. The summed E-state index contributed by atoms with van der Waals surface area (Å²) in [6, 6.07) is 6.19. The number of nitrogens with one attached hydrogen (secondary N) is 1. The second-order valence-electron chi connectivity index (χ2n) is 4.89. The zero-order valence-corrected chi connectivity index (χ0v) is 10.9. The fraction of sp³-hybridized carbons (Fsp3) is 0.385. The smallest absolute Gasteiger partial charge is 0.221 e. The summed E-state index contributed by atoms with van der Waals surface area (Å²) in [7, 11) is 0. The number of tetrazole rings is 1. The number of hydrogen-bond donors (Lipinski definition) is 1. The van der Waals surface area contributed by atoms with E-state index in [1.807, 2.05) is 29.8 Å². The highest BCUT2D eigenvalue weighted by molar-refractivity contribution is 5.89. The van der Waals surface area contributed by atoms with E-state index in [9.17, 15) is 4.79 Å². The van der Waals surface area contributed by atoms with E-state index >= 15 is 0 Å². The van der Waals surface area contributed by atoms with Crippen LogP contribution in [0.2, 0.25) is 0 Å². The lowest BCUT2D eigenvalue weighted by Crippen LogP contribution is -2.06. The average Bonchev–Trinajstić information content (AvgIpc) is 3.09. The van der Waals surface area contributed by atoms with Crippen LogP contribution in [0, 0.1) is 6.92 Å². The van der Waals surface area contributed by atoms with Gasteiger partial charge in [-0.2, -0.15) is 0 Å². The first kappa shape index (κ1) is 11.8. The topological polar surface area (TPSA) is 72.7 Å². The fourth-order valence-electron chi connectivity index (χ4n) is 2.08. The van der Waals surface area contributed by atoms with Crippen molar-refractivity contribution in [3.05, 3.63) is 23.8 Å². The van der Waals surface area contributed by atoms with Crippen molar-refractivity contribution in [3.63, 3.8) is 0 Å². The summed E-state index contributed by atoms with van der Waals surface area (Å²) >= 11 is 0. The van der Waals surface area contributed by atoms with Gasteiger partial charge in [0.2, 0.25) is 5.91 Å². The average molecular weight is 257 g/mol. The van der Waals surface area contributed by atoms with Crippen LogP contribution in [0.3, 0.4) is 0 Å². The first-order chi connectivity index (χ1) is 9.15. The Kier molecular flexibility index (Phi) is 2.77. The van der Waals surface area contributed by atoms with Crippen LogP contribution in [-0.4, -0.2) is 26.1 Å². The largest absolute Gasteiger partial charge is 0.326 e. The number of aromatic nitrogens is 4. The second kappa shape index (κ2) is 4.46. The van der Waals surface area contributed by atoms with Gasteiger partial charge >= 0.3 is 0 Å². The van der Waals surface area contributed by atoms with E-state index in [1.165, 1.54) is 6.92 Å². The Hall–Kier alpha value is -2.24. The summed E-state index contributed by atoms with van der Waals surface area (Å²) in [6.07, 6.45) is 2.25. The molecule has 1 N–H and O–H groups in total. The quantitative estimate of drug-likeness (QED) is 0.912. The zero-order valence-electron chi connectivity index (χ0n) is 10.9. The maximum absolute atomic E-state index is 11.1. The van der Waals surface area contributed by atoms with Crippen LogP contribution < -0.4 is 5.32 Å². The first-order valence-electron chi connectivity index (χ1n) is 6.31. The predicted molar refractivity (Wildman–Crippen MR) is 70.6 cm³/mol. The van der Waals surface area contributed by atoms with Crippen molar-refractivity contribution >= 4 is 11.6 Å². The molecular formula is C13H15N5O. The van der Waals surface area contributed by atoms with E-state index in [1.54, 1.807) is 0 Å². The molecule has 6 heteroatoms. The second-order valence-corrected chi connectivity index (χ2v) is 4.89. The predicted octanol–water partition coefficient (Wildman–Crippen LogP) is 1.94. The van der Waals surface area contributed by atoms with Crippen molar-refractivity contribution in [1.82, 2.24) is 20.2 Å². The Balaban J connectivity index is 2.02. The van der Waals surface area contributed by atoms with Crippen LogP contribution in [0.1, 0.15) is 31.4 Å². The van der Waals surface area contributed by atoms with Crippen molar-refractivity contribution < 1.29 is 4.79 Å². The van der Waals surface area contributed by atoms with Crippen LogP contribution in [0.25, 0.3) is 11.4 Å². The summed E-state index contributed by atoms with van der Waals surface area (Å²) < 4.78 is 1.87. The number of aryl methyl sites for hydroxylation is 1. The maximum Gasteiger partial charge on any atom is 0.221 e. The third-order valence-electron chi connectivity index (χ3n) is 3.18. The lowest BCUT2D eigenvalue weighted by Gasteiger charge is -2.09. The van der Waals surface area contributed by atoms with Gasteiger partial charge in [-0.25, -0.2) is 4.68 Å². The van der Waals surface area contributed by atoms with Gasteiger partial charge in [0.15, 0.2) is 5.82 Å². The highest BCUT2D eigenvalue weighted by atomic mass is 16.1. The summed E-state index contributed by atoms with van der Waals surface area (Å²) in [4.78, 5) is 11.1. The van der Waals surface area contributed by atoms with E-state index in [-0.39, 0.29) is 5.91 Å². The number of rotatable bonds is 3. The Morgan fingerprint density at radius 3 is 2.89 bits per heavy atom. The van der Waals surface area contributed by atoms with E-state index < -0.39 is 0 Å². The molecule has 6 nitrogen and oxygen atoms in total. The number of carbonyl (C=O) groups is 1. The lowest BCUT2D eigenvalue weighted by molar-refractivity contribution is -0.114. The summed E-state index contributed by atoms with van der Waals surface area (Å²) in [6.45, 7) is 3.51. The highest BCUT2D eigenvalue weighted by Gasteiger charge is 2.28. The van der Waals surface area contributed by atoms with Gasteiger partial charge in [-0.05, 0) is 47.9 Å². The molecule has 2 aromatic rings. The molecule has 1 fully saturated rings. The third-order valence-corrected chi connectivity index (χ3v) is 3.18. The molecule has 98 valence electrons. The molecule has 1 aliphatic carbocycles. The van der Waals surface area contributed by atoms with Gasteiger partial charge in [0.05, 0.1) is 6.04 Å². The van der Waals surface area contributed by atoms with Gasteiger partial charge in [0.25, 0.3) is 0 Å². The van der Waals surface area contributed by atoms with Gasteiger partial charge in [-0.1, -0.05) is 6.07 Å². The SMILES string of the molecule is CC(=O)Nc1ccc(C)c(-c2nnnn2C2CC2)c1. The highest BCUT2D eigenvalue weighted by Crippen LogP contribution is 2.37. The standard InChI is InChI=1S/C13H15N5O/c1-8-3-4-10(14-9(2)19)7-12(8)13-15-16-17-18(13)11-5-6-11/h3-4,7,11H,5-6H2,1-2H3,(H,14,19). The minimum absolute atomic E-state index is 0.0865. The molecule has 0 aliphatic heterocycles. The van der Waals surface area contributed by atoms with Crippen molar-refractivity contribution in [2.45, 2.75) is 32.7 Å². The lowest BCUT2D eigenvalue weighted by atomic mass is 10.1. The minimum Gasteiger partial charge on any atom is -0.326 e. The molecule has 0 spiro atoms. The molecule has 1 amide bonds. The molecule has 3 rings (SSSR count). The summed E-state index contributed by atoms with van der Waals surface area (Å²) in [5, 5.41) is 14.7. The van der Waals surface area contributed by atoms with E-state index in [0.29, 0.717) is 6.04 Å². The Bertz CT molecular complexity index is 630. The number of amides is 1. The van der Waals surface area contributed by atoms with Crippen molar-refractivity contribution in [2.75, 3.05) is 5.32 Å². The van der Waals surface area contributed by atoms with Crippen molar-refractivity contribution in [2.24, 2.45) is 0 Å². The normalized spacial score (nSPS) is 14.4. The molecular weight excluding hydrogens is 242 g/mol. The van der Waals surface area contributed by atoms with Gasteiger partial charge in [-0.3, -0.25) is 4.79 Å². The van der Waals surface area contributed by atoms with Crippen molar-refractivity contribution in [1.29, 1.82) is 0 Å². The maximum atomic E-state index is 11.1. The summed E-state index contributed by atoms with van der Waals surface area (Å²) in [5.41, 5.74) is 2.81. The van der Waals surface area contributed by atoms with Crippen LogP contribution >= 0.6 is 0 Å². The fourth-order valence-corrected chi connectivity index (χ4v) is 2.08. The Morgan fingerprint density at radius 2 is 2.21 bits per heavy atom. The molecule has 19 heavy (non-hydrogen) atoms. The molecule has 1 heterocycles. The van der Waals surface area contributed by atoms with Gasteiger partial charge in [0.1, 0.15) is 0 Å². The number of nitrogens with zero attached hydrogens (tertiary/aromatic N) is 4. The molecule has 1 aromatic carbocycles. The monoisotopic (exact) mass is 257 g/mol. The van der Waals surface area contributed by atoms with Crippen LogP contribution in [0.15, 0.2) is 18.2 Å². The van der Waals surface area contributed by atoms with Crippen LogP contribution in [0.5, 0.6) is 0 Å². The van der Waals surface area contributed by atoms with Crippen LogP contribution in [-0.2, 0) is 4.79 Å². The molecule has 0 bridgehead atoms. The molecule has 1 aromatic heterocycles. The van der Waals surface area contributed by atoms with Gasteiger partial charge in [-0.15, -0.1) is 5.10 Å². The number of anilines is 1. The Labute approximate surface area is 110 Å². The van der Waals surface area contributed by atoms with E-state index in [2.05, 4.69) is 20.8 Å². The van der Waals surface area contributed by atoms with E-state index in [4.69, 9.17) is 0 Å². The zero-order chi connectivity index (χ0) is 13.4. The Morgan fingerprint density at radius 1 is 1.42 bits per heavy atom. The molecule has 0 atom stereocenters. The third kappa shape index (κ3) is 2.33. The molecule has 0 radical (unpaired) electrons. The minimum atomic E-state index is -0.0865. The first-order valence-corrected chi connectivity index (χ1v) is 6.31. The number of carbonyl (C=O) groups excluding carboxylic acids is 1. The summed E-state index contributed by atoms with van der Waals surface area (Å²) in [5.74, 6) is 0.684. The molecule has 0 saturated heterocycles. The number of benzene rings is 1. The van der Waals surface area contributed by atoms with Gasteiger partial charge < -0.3 is 5.32 Å².